The third-order valence-corrected chi connectivity index (χ3v) is 3.14. The van der Waals surface area contributed by atoms with Crippen LogP contribution in [0.5, 0.6) is 0 Å². The molecule has 0 amide bonds. The number of hydrogen-bond acceptors (Lipinski definition) is 2. The Morgan fingerprint density at radius 1 is 1.12 bits per heavy atom. The molecule has 0 bridgehead atoms. The molecule has 0 N–H and O–H groups in total. The molecule has 0 radical (unpaired) electrons. The Labute approximate surface area is 94.9 Å². The maximum absolute atomic E-state index is 5.60. The minimum atomic E-state index is 0.0358. The lowest BCUT2D eigenvalue weighted by Crippen LogP contribution is -2.16. The molecular formula is C14H13NO. The van der Waals surface area contributed by atoms with Gasteiger partial charge in [-0.25, -0.2) is 0 Å². The summed E-state index contributed by atoms with van der Waals surface area (Å²) in [4.78, 5) is 4.44. The number of benzene rings is 1. The molecule has 0 aliphatic heterocycles. The molecule has 1 aromatic heterocycles. The molecule has 16 heavy (non-hydrogen) atoms. The molecule has 1 aromatic carbocycles. The summed E-state index contributed by atoms with van der Waals surface area (Å²) in [5.74, 6) is 0. The van der Waals surface area contributed by atoms with Crippen LogP contribution in [0, 0.1) is 0 Å². The number of methoxy groups -OCH3 is 1. The molecule has 0 saturated heterocycles. The van der Waals surface area contributed by atoms with E-state index < -0.39 is 0 Å². The zero-order valence-corrected chi connectivity index (χ0v) is 9.18. The van der Waals surface area contributed by atoms with Crippen LogP contribution in [0.4, 0.5) is 0 Å². The van der Waals surface area contributed by atoms with E-state index in [-0.39, 0.29) is 6.10 Å². The summed E-state index contributed by atoms with van der Waals surface area (Å²) in [6.45, 7) is 0. The van der Waals surface area contributed by atoms with Gasteiger partial charge in [0, 0.05) is 25.3 Å². The van der Waals surface area contributed by atoms with Gasteiger partial charge in [-0.15, -0.1) is 0 Å². The maximum atomic E-state index is 5.60. The molecule has 2 nitrogen and oxygen atoms in total. The van der Waals surface area contributed by atoms with E-state index in [0.717, 1.165) is 12.1 Å². The fourth-order valence-electron chi connectivity index (χ4n) is 2.39. The molecule has 1 unspecified atom stereocenters. The van der Waals surface area contributed by atoms with Gasteiger partial charge in [-0.3, -0.25) is 4.98 Å². The number of rotatable bonds is 1. The van der Waals surface area contributed by atoms with Crippen molar-refractivity contribution in [3.63, 3.8) is 0 Å². The average Bonchev–Trinajstić information content (AvgIpc) is 2.36. The fraction of sp³-hybridized carbons (Fsp3) is 0.214. The van der Waals surface area contributed by atoms with Crippen molar-refractivity contribution in [2.24, 2.45) is 0 Å². The minimum Gasteiger partial charge on any atom is -0.372 e. The van der Waals surface area contributed by atoms with Gasteiger partial charge in [0.25, 0.3) is 0 Å². The van der Waals surface area contributed by atoms with Crippen LogP contribution in [0.2, 0.25) is 0 Å². The Kier molecular flexibility index (Phi) is 2.22. The Morgan fingerprint density at radius 3 is 2.81 bits per heavy atom. The lowest BCUT2D eigenvalue weighted by molar-refractivity contribution is 0.132. The Morgan fingerprint density at radius 2 is 1.94 bits per heavy atom. The van der Waals surface area contributed by atoms with Crippen LogP contribution >= 0.6 is 0 Å². The SMILES string of the molecule is COC1c2ccccc2Cc2ncccc21. The number of fused-ring (bicyclic) bond motifs is 2. The second kappa shape index (κ2) is 3.72. The zero-order chi connectivity index (χ0) is 11.0. The second-order valence-corrected chi connectivity index (χ2v) is 4.03. The van der Waals surface area contributed by atoms with Crippen molar-refractivity contribution >= 4 is 0 Å². The predicted octanol–water partition coefficient (Wildman–Crippen LogP) is 2.72. The van der Waals surface area contributed by atoms with Crippen LogP contribution in [0.25, 0.3) is 0 Å². The smallest absolute Gasteiger partial charge is 0.109 e. The first-order chi connectivity index (χ1) is 7.90. The lowest BCUT2D eigenvalue weighted by atomic mass is 9.87. The van der Waals surface area contributed by atoms with Crippen LogP contribution in [0.15, 0.2) is 42.6 Å². The van der Waals surface area contributed by atoms with E-state index >= 15 is 0 Å². The summed E-state index contributed by atoms with van der Waals surface area (Å²) in [6.07, 6.45) is 2.79. The van der Waals surface area contributed by atoms with Crippen molar-refractivity contribution in [3.8, 4) is 0 Å². The average molecular weight is 211 g/mol. The van der Waals surface area contributed by atoms with Gasteiger partial charge in [0.2, 0.25) is 0 Å². The first-order valence-electron chi connectivity index (χ1n) is 5.44. The zero-order valence-electron chi connectivity index (χ0n) is 9.18. The molecule has 1 atom stereocenters. The minimum absolute atomic E-state index is 0.0358. The summed E-state index contributed by atoms with van der Waals surface area (Å²) in [5.41, 5.74) is 4.92. The van der Waals surface area contributed by atoms with E-state index in [1.807, 2.05) is 12.3 Å². The summed E-state index contributed by atoms with van der Waals surface area (Å²) in [6, 6.07) is 12.5. The number of hydrogen-bond donors (Lipinski definition) is 0. The highest BCUT2D eigenvalue weighted by molar-refractivity contribution is 5.45. The highest BCUT2D eigenvalue weighted by atomic mass is 16.5. The standard InChI is InChI=1S/C14H13NO/c1-16-14-11-6-3-2-5-10(11)9-13-12(14)7-4-8-15-13/h2-8,14H,9H2,1H3. The molecule has 0 saturated carbocycles. The number of pyridine rings is 1. The Balaban J connectivity index is 2.19. The molecule has 1 aliphatic carbocycles. The summed E-state index contributed by atoms with van der Waals surface area (Å²) >= 11 is 0. The molecular weight excluding hydrogens is 198 g/mol. The topological polar surface area (TPSA) is 22.1 Å². The summed E-state index contributed by atoms with van der Waals surface area (Å²) in [7, 11) is 1.75. The molecule has 1 heterocycles. The van der Waals surface area contributed by atoms with E-state index in [1.54, 1.807) is 7.11 Å². The van der Waals surface area contributed by atoms with Crippen molar-refractivity contribution in [1.82, 2.24) is 4.98 Å². The van der Waals surface area contributed by atoms with Crippen LogP contribution in [-0.2, 0) is 11.2 Å². The van der Waals surface area contributed by atoms with Crippen molar-refractivity contribution < 1.29 is 4.74 Å². The molecule has 1 aliphatic rings. The van der Waals surface area contributed by atoms with Crippen LogP contribution in [0.1, 0.15) is 28.5 Å². The molecule has 2 aromatic rings. The van der Waals surface area contributed by atoms with Crippen LogP contribution in [-0.4, -0.2) is 12.1 Å². The normalized spacial score (nSPS) is 17.7. The van der Waals surface area contributed by atoms with Crippen molar-refractivity contribution in [2.75, 3.05) is 7.11 Å². The van der Waals surface area contributed by atoms with Gasteiger partial charge in [-0.2, -0.15) is 0 Å². The van der Waals surface area contributed by atoms with Gasteiger partial charge < -0.3 is 4.74 Å². The van der Waals surface area contributed by atoms with E-state index in [2.05, 4.69) is 35.3 Å². The molecule has 80 valence electrons. The highest BCUT2D eigenvalue weighted by Crippen LogP contribution is 2.35. The monoisotopic (exact) mass is 211 g/mol. The van der Waals surface area contributed by atoms with Crippen LogP contribution < -0.4 is 0 Å². The van der Waals surface area contributed by atoms with Crippen LogP contribution in [0.3, 0.4) is 0 Å². The molecule has 3 rings (SSSR count). The predicted molar refractivity (Wildman–Crippen MR) is 62.3 cm³/mol. The van der Waals surface area contributed by atoms with E-state index in [4.69, 9.17) is 4.74 Å². The Hall–Kier alpha value is -1.67. The number of aromatic nitrogens is 1. The number of ether oxygens (including phenoxy) is 1. The fourth-order valence-corrected chi connectivity index (χ4v) is 2.39. The maximum Gasteiger partial charge on any atom is 0.109 e. The van der Waals surface area contributed by atoms with Gasteiger partial charge >= 0.3 is 0 Å². The van der Waals surface area contributed by atoms with E-state index in [0.29, 0.717) is 0 Å². The van der Waals surface area contributed by atoms with Gasteiger partial charge in [0.05, 0.1) is 5.69 Å². The summed E-state index contributed by atoms with van der Waals surface area (Å²) < 4.78 is 5.60. The third kappa shape index (κ3) is 1.34. The van der Waals surface area contributed by atoms with E-state index in [9.17, 15) is 0 Å². The van der Waals surface area contributed by atoms with Gasteiger partial charge in [0.1, 0.15) is 6.10 Å². The van der Waals surface area contributed by atoms with Gasteiger partial charge in [-0.05, 0) is 17.2 Å². The lowest BCUT2D eigenvalue weighted by Gasteiger charge is -2.26. The first-order valence-corrected chi connectivity index (χ1v) is 5.44. The quantitative estimate of drug-likeness (QED) is 0.723. The third-order valence-electron chi connectivity index (χ3n) is 3.14. The number of nitrogens with zero attached hydrogens (tertiary/aromatic N) is 1. The Bertz CT molecular complexity index is 476. The molecule has 0 fully saturated rings. The van der Waals surface area contributed by atoms with Crippen molar-refractivity contribution in [1.29, 1.82) is 0 Å². The van der Waals surface area contributed by atoms with E-state index in [1.165, 1.54) is 16.7 Å². The second-order valence-electron chi connectivity index (χ2n) is 4.03. The molecule has 2 heteroatoms. The van der Waals surface area contributed by atoms with Crippen molar-refractivity contribution in [2.45, 2.75) is 12.5 Å². The molecule has 0 spiro atoms. The first kappa shape index (κ1) is 9.55. The van der Waals surface area contributed by atoms with Gasteiger partial charge in [0.15, 0.2) is 0 Å². The van der Waals surface area contributed by atoms with Crippen molar-refractivity contribution in [3.05, 3.63) is 65.0 Å². The summed E-state index contributed by atoms with van der Waals surface area (Å²) in [5, 5.41) is 0. The highest BCUT2D eigenvalue weighted by Gasteiger charge is 2.25. The largest absolute Gasteiger partial charge is 0.372 e. The van der Waals surface area contributed by atoms with Gasteiger partial charge in [-0.1, -0.05) is 30.3 Å².